The first-order chi connectivity index (χ1) is 10.9. The lowest BCUT2D eigenvalue weighted by Crippen LogP contribution is -2.38. The first-order valence-electron chi connectivity index (χ1n) is 7.43. The largest absolute Gasteiger partial charge is 0.357 e. The van der Waals surface area contributed by atoms with E-state index in [0.717, 1.165) is 11.1 Å². The van der Waals surface area contributed by atoms with E-state index in [1.807, 2.05) is 19.9 Å². The first kappa shape index (κ1) is 22.7. The molecule has 0 saturated heterocycles. The van der Waals surface area contributed by atoms with E-state index in [4.69, 9.17) is 6.42 Å². The number of sulfonamides is 1. The molecule has 0 fully saturated rings. The summed E-state index contributed by atoms with van der Waals surface area (Å²) in [6.07, 6.45) is 5.19. The second-order valence-electron chi connectivity index (χ2n) is 4.99. The Hall–Kier alpha value is -1.31. The summed E-state index contributed by atoms with van der Waals surface area (Å²) in [6, 6.07) is 5.35. The zero-order chi connectivity index (χ0) is 17.3. The van der Waals surface area contributed by atoms with Crippen LogP contribution < -0.4 is 15.4 Å². The Labute approximate surface area is 162 Å². The minimum atomic E-state index is -3.53. The Morgan fingerprint density at radius 2 is 2.00 bits per heavy atom. The molecule has 0 amide bonds. The lowest BCUT2D eigenvalue weighted by molar-refractivity contribution is 0.581. The van der Waals surface area contributed by atoms with Crippen LogP contribution in [-0.4, -0.2) is 40.6 Å². The fourth-order valence-corrected chi connectivity index (χ4v) is 3.25. The third-order valence-corrected chi connectivity index (χ3v) is 4.61. The van der Waals surface area contributed by atoms with Crippen LogP contribution in [0.3, 0.4) is 0 Å². The maximum absolute atomic E-state index is 12.3. The quantitative estimate of drug-likeness (QED) is 0.187. The van der Waals surface area contributed by atoms with E-state index in [1.165, 1.54) is 0 Å². The highest BCUT2D eigenvalue weighted by Crippen LogP contribution is 2.16. The maximum Gasteiger partial charge on any atom is 0.240 e. The van der Waals surface area contributed by atoms with E-state index in [2.05, 4.69) is 26.3 Å². The van der Waals surface area contributed by atoms with Gasteiger partial charge in [-0.05, 0) is 38.0 Å². The standard InChI is InChI=1S/C16H24N4O2S.HI/c1-5-9-18-16(17-6-2)19-10-11-20-23(21,22)15-12-13(3)7-8-14(15)4;/h1,7-8,12,20H,6,9-11H2,2-4H3,(H2,17,18,19);1H. The van der Waals surface area contributed by atoms with Crippen molar-refractivity contribution < 1.29 is 8.42 Å². The minimum absolute atomic E-state index is 0. The van der Waals surface area contributed by atoms with Crippen molar-refractivity contribution in [2.45, 2.75) is 25.7 Å². The van der Waals surface area contributed by atoms with Gasteiger partial charge in [-0.1, -0.05) is 18.1 Å². The lowest BCUT2D eigenvalue weighted by Gasteiger charge is -2.11. The van der Waals surface area contributed by atoms with E-state index in [9.17, 15) is 8.42 Å². The number of nitrogens with one attached hydrogen (secondary N) is 3. The zero-order valence-corrected chi connectivity index (χ0v) is 17.4. The lowest BCUT2D eigenvalue weighted by atomic mass is 10.2. The molecule has 1 aromatic rings. The number of benzene rings is 1. The number of halogens is 1. The van der Waals surface area contributed by atoms with Crippen molar-refractivity contribution in [1.29, 1.82) is 0 Å². The monoisotopic (exact) mass is 464 g/mol. The van der Waals surface area contributed by atoms with Crippen LogP contribution in [0, 0.1) is 26.2 Å². The van der Waals surface area contributed by atoms with Crippen molar-refractivity contribution in [1.82, 2.24) is 15.4 Å². The SMILES string of the molecule is C#CCNC(=NCCNS(=O)(=O)c1cc(C)ccc1C)NCC.I. The van der Waals surface area contributed by atoms with Gasteiger partial charge in [-0.3, -0.25) is 4.99 Å². The highest BCUT2D eigenvalue weighted by molar-refractivity contribution is 14.0. The number of aliphatic imine (C=N–C) groups is 1. The van der Waals surface area contributed by atoms with Crippen molar-refractivity contribution in [3.63, 3.8) is 0 Å². The normalized spacial score (nSPS) is 11.3. The van der Waals surface area contributed by atoms with E-state index >= 15 is 0 Å². The average Bonchev–Trinajstić information content (AvgIpc) is 2.51. The van der Waals surface area contributed by atoms with Gasteiger partial charge in [0.25, 0.3) is 0 Å². The summed E-state index contributed by atoms with van der Waals surface area (Å²) in [4.78, 5) is 4.56. The summed E-state index contributed by atoms with van der Waals surface area (Å²) in [5.41, 5.74) is 1.62. The van der Waals surface area contributed by atoms with E-state index < -0.39 is 10.0 Å². The topological polar surface area (TPSA) is 82.6 Å². The molecule has 0 spiro atoms. The number of hydrogen-bond donors (Lipinski definition) is 3. The second kappa shape index (κ2) is 11.3. The number of rotatable bonds is 7. The zero-order valence-electron chi connectivity index (χ0n) is 14.2. The average molecular weight is 464 g/mol. The second-order valence-corrected chi connectivity index (χ2v) is 6.72. The third kappa shape index (κ3) is 7.51. The molecular weight excluding hydrogens is 439 g/mol. The summed E-state index contributed by atoms with van der Waals surface area (Å²) < 4.78 is 27.2. The van der Waals surface area contributed by atoms with Crippen LogP contribution in [0.25, 0.3) is 0 Å². The maximum atomic E-state index is 12.3. The number of aryl methyl sites for hydroxylation is 2. The molecule has 24 heavy (non-hydrogen) atoms. The molecular formula is C16H25IN4O2S. The molecule has 0 radical (unpaired) electrons. The van der Waals surface area contributed by atoms with Gasteiger partial charge in [0.1, 0.15) is 0 Å². The smallest absolute Gasteiger partial charge is 0.240 e. The Kier molecular flexibility index (Phi) is 10.7. The molecule has 0 atom stereocenters. The van der Waals surface area contributed by atoms with Gasteiger partial charge >= 0.3 is 0 Å². The highest BCUT2D eigenvalue weighted by Gasteiger charge is 2.16. The molecule has 0 aliphatic rings. The molecule has 134 valence electrons. The summed E-state index contributed by atoms with van der Waals surface area (Å²) in [5, 5.41) is 5.97. The Morgan fingerprint density at radius 1 is 1.29 bits per heavy atom. The van der Waals surface area contributed by atoms with Crippen molar-refractivity contribution in [3.05, 3.63) is 29.3 Å². The molecule has 0 aliphatic carbocycles. The number of hydrogen-bond acceptors (Lipinski definition) is 3. The predicted octanol–water partition coefficient (Wildman–Crippen LogP) is 1.39. The van der Waals surface area contributed by atoms with Gasteiger partial charge in [-0.25, -0.2) is 13.1 Å². The van der Waals surface area contributed by atoms with Crippen LogP contribution in [0.5, 0.6) is 0 Å². The Balaban J connectivity index is 0.00000529. The molecule has 6 nitrogen and oxygen atoms in total. The Morgan fingerprint density at radius 3 is 2.62 bits per heavy atom. The molecule has 0 heterocycles. The van der Waals surface area contributed by atoms with Gasteiger partial charge in [0.15, 0.2) is 5.96 Å². The fourth-order valence-electron chi connectivity index (χ4n) is 1.90. The molecule has 1 aromatic carbocycles. The summed E-state index contributed by atoms with van der Waals surface area (Å²) >= 11 is 0. The van der Waals surface area contributed by atoms with E-state index in [1.54, 1.807) is 19.1 Å². The van der Waals surface area contributed by atoms with Gasteiger partial charge in [-0.15, -0.1) is 30.4 Å². The molecule has 0 bridgehead atoms. The van der Waals surface area contributed by atoms with E-state index in [-0.39, 0.29) is 30.5 Å². The molecule has 0 aliphatic heterocycles. The minimum Gasteiger partial charge on any atom is -0.357 e. The number of terminal acetylenes is 1. The van der Waals surface area contributed by atoms with Crippen LogP contribution in [0.2, 0.25) is 0 Å². The number of nitrogens with zero attached hydrogens (tertiary/aromatic N) is 1. The molecule has 8 heteroatoms. The summed E-state index contributed by atoms with van der Waals surface area (Å²) in [6.45, 7) is 7.16. The van der Waals surface area contributed by atoms with Gasteiger partial charge in [0, 0.05) is 13.1 Å². The first-order valence-corrected chi connectivity index (χ1v) is 8.91. The van der Waals surface area contributed by atoms with Crippen LogP contribution in [0.4, 0.5) is 0 Å². The molecule has 0 aromatic heterocycles. The fraction of sp³-hybridized carbons (Fsp3) is 0.438. The van der Waals surface area contributed by atoms with Crippen LogP contribution in [-0.2, 0) is 10.0 Å². The summed E-state index contributed by atoms with van der Waals surface area (Å²) in [7, 11) is -3.53. The van der Waals surface area contributed by atoms with Crippen LogP contribution in [0.15, 0.2) is 28.1 Å². The number of guanidine groups is 1. The van der Waals surface area contributed by atoms with Gasteiger partial charge < -0.3 is 10.6 Å². The molecule has 0 saturated carbocycles. The van der Waals surface area contributed by atoms with Crippen molar-refractivity contribution in [2.75, 3.05) is 26.2 Å². The van der Waals surface area contributed by atoms with Crippen molar-refractivity contribution >= 4 is 40.0 Å². The highest BCUT2D eigenvalue weighted by atomic mass is 127. The molecule has 0 unspecified atom stereocenters. The molecule has 3 N–H and O–H groups in total. The van der Waals surface area contributed by atoms with Gasteiger partial charge in [0.2, 0.25) is 10.0 Å². The molecule has 1 rings (SSSR count). The van der Waals surface area contributed by atoms with Gasteiger partial charge in [-0.2, -0.15) is 0 Å². The van der Waals surface area contributed by atoms with Crippen LogP contribution >= 0.6 is 24.0 Å². The van der Waals surface area contributed by atoms with Crippen molar-refractivity contribution in [3.8, 4) is 12.3 Å². The van der Waals surface area contributed by atoms with Crippen LogP contribution in [0.1, 0.15) is 18.1 Å². The van der Waals surface area contributed by atoms with Crippen molar-refractivity contribution in [2.24, 2.45) is 4.99 Å². The summed E-state index contributed by atoms with van der Waals surface area (Å²) in [5.74, 6) is 3.03. The van der Waals surface area contributed by atoms with E-state index in [0.29, 0.717) is 30.5 Å². The predicted molar refractivity (Wildman–Crippen MR) is 109 cm³/mol. The Bertz CT molecular complexity index is 697. The van der Waals surface area contributed by atoms with Gasteiger partial charge in [0.05, 0.1) is 18.0 Å². The third-order valence-electron chi connectivity index (χ3n) is 3.01.